The van der Waals surface area contributed by atoms with E-state index in [1.807, 2.05) is 0 Å². The molecule has 0 amide bonds. The van der Waals surface area contributed by atoms with Crippen LogP contribution in [0.2, 0.25) is 0 Å². The minimum absolute atomic E-state index is 0.0552. The van der Waals surface area contributed by atoms with Gasteiger partial charge in [0.15, 0.2) is 0 Å². The van der Waals surface area contributed by atoms with Crippen molar-refractivity contribution in [1.29, 1.82) is 0 Å². The molecule has 0 unspecified atom stereocenters. The number of benzene rings is 4. The molecule has 0 saturated carbocycles. The third kappa shape index (κ3) is 2.77. The second-order valence-electron chi connectivity index (χ2n) is 8.04. The van der Waals surface area contributed by atoms with Gasteiger partial charge < -0.3 is 4.57 Å². The summed E-state index contributed by atoms with van der Waals surface area (Å²) in [6.07, 6.45) is 1.95. The predicted molar refractivity (Wildman–Crippen MR) is 123 cm³/mol. The van der Waals surface area contributed by atoms with Crippen LogP contribution in [-0.2, 0) is 17.4 Å². The molecular weight excluding hydrogens is 350 g/mol. The molecule has 1 nitrogen and oxygen atoms in total. The molecule has 6 rings (SSSR count). The van der Waals surface area contributed by atoms with Gasteiger partial charge in [-0.1, -0.05) is 97.1 Å². The largest absolute Gasteiger partial charge is 0.484 e. The molecular formula is C26H20B2O. The highest BCUT2D eigenvalue weighted by Crippen LogP contribution is 2.18. The average Bonchev–Trinajstić information content (AvgIpc) is 2.78. The van der Waals surface area contributed by atoms with Crippen LogP contribution >= 0.6 is 0 Å². The molecule has 4 aromatic carbocycles. The van der Waals surface area contributed by atoms with E-state index in [9.17, 15) is 0 Å². The Morgan fingerprint density at radius 1 is 0.414 bits per heavy atom. The summed E-state index contributed by atoms with van der Waals surface area (Å²) in [6.45, 7) is -0.110. The van der Waals surface area contributed by atoms with Crippen LogP contribution in [0.15, 0.2) is 97.1 Å². The van der Waals surface area contributed by atoms with Crippen LogP contribution in [0.3, 0.4) is 0 Å². The van der Waals surface area contributed by atoms with Gasteiger partial charge in [-0.3, -0.25) is 0 Å². The van der Waals surface area contributed by atoms with Crippen LogP contribution in [-0.4, -0.2) is 13.8 Å². The first-order chi connectivity index (χ1) is 14.4. The summed E-state index contributed by atoms with van der Waals surface area (Å²) >= 11 is 0. The fourth-order valence-corrected chi connectivity index (χ4v) is 4.98. The fraction of sp³-hybridized carbons (Fsp3) is 0.0769. The molecule has 0 spiro atoms. The Bertz CT molecular complexity index is 1030. The molecule has 0 aromatic heterocycles. The lowest BCUT2D eigenvalue weighted by Gasteiger charge is -2.32. The van der Waals surface area contributed by atoms with Crippen molar-refractivity contribution >= 4 is 35.7 Å². The van der Waals surface area contributed by atoms with Gasteiger partial charge >= 0.3 is 13.8 Å². The molecule has 29 heavy (non-hydrogen) atoms. The van der Waals surface area contributed by atoms with Crippen molar-refractivity contribution in [2.24, 2.45) is 0 Å². The van der Waals surface area contributed by atoms with E-state index in [1.165, 1.54) is 44.1 Å². The number of hydrogen-bond acceptors (Lipinski definition) is 1. The first-order valence-electron chi connectivity index (χ1n) is 10.3. The highest BCUT2D eigenvalue weighted by molar-refractivity contribution is 6.92. The van der Waals surface area contributed by atoms with Crippen LogP contribution in [0.4, 0.5) is 0 Å². The Morgan fingerprint density at radius 2 is 0.690 bits per heavy atom. The molecule has 0 saturated heterocycles. The Labute approximate surface area is 172 Å². The monoisotopic (exact) mass is 370 g/mol. The summed E-state index contributed by atoms with van der Waals surface area (Å²) in [7, 11) is 0. The van der Waals surface area contributed by atoms with Crippen molar-refractivity contribution in [2.45, 2.75) is 12.8 Å². The van der Waals surface area contributed by atoms with E-state index in [2.05, 4.69) is 97.1 Å². The van der Waals surface area contributed by atoms with Crippen LogP contribution < -0.4 is 21.9 Å². The van der Waals surface area contributed by atoms with Gasteiger partial charge in [-0.15, -0.1) is 0 Å². The Kier molecular flexibility index (Phi) is 3.95. The lowest BCUT2D eigenvalue weighted by atomic mass is 9.43. The molecule has 0 atom stereocenters. The molecule has 136 valence electrons. The van der Waals surface area contributed by atoms with Crippen molar-refractivity contribution in [3.8, 4) is 0 Å². The van der Waals surface area contributed by atoms with Gasteiger partial charge in [-0.05, 0) is 56.9 Å². The van der Waals surface area contributed by atoms with Crippen LogP contribution in [0.1, 0.15) is 22.3 Å². The summed E-state index contributed by atoms with van der Waals surface area (Å²) < 4.78 is 7.04. The lowest BCUT2D eigenvalue weighted by molar-refractivity contribution is 0.629. The molecule has 0 aliphatic carbocycles. The summed E-state index contributed by atoms with van der Waals surface area (Å²) in [4.78, 5) is 0. The van der Waals surface area contributed by atoms with Gasteiger partial charge in [0, 0.05) is 0 Å². The molecule has 3 heteroatoms. The van der Waals surface area contributed by atoms with E-state index in [4.69, 9.17) is 4.57 Å². The van der Waals surface area contributed by atoms with Gasteiger partial charge in [-0.2, -0.15) is 0 Å². The second-order valence-corrected chi connectivity index (χ2v) is 8.04. The van der Waals surface area contributed by atoms with E-state index >= 15 is 0 Å². The summed E-state index contributed by atoms with van der Waals surface area (Å²) in [5.41, 5.74) is 10.7. The molecule has 0 N–H and O–H groups in total. The second kappa shape index (κ2) is 6.79. The lowest BCUT2D eigenvalue weighted by Crippen LogP contribution is -2.60. The van der Waals surface area contributed by atoms with Gasteiger partial charge in [-0.25, -0.2) is 0 Å². The molecule has 0 radical (unpaired) electrons. The smallest absolute Gasteiger partial charge is 0.347 e. The molecule has 2 heterocycles. The van der Waals surface area contributed by atoms with Crippen molar-refractivity contribution < 1.29 is 4.57 Å². The van der Waals surface area contributed by atoms with E-state index < -0.39 is 0 Å². The Balaban J connectivity index is 1.51. The molecule has 0 bridgehead atoms. The third-order valence-electron chi connectivity index (χ3n) is 6.38. The summed E-state index contributed by atoms with van der Waals surface area (Å²) in [6, 6.07) is 35.0. The highest BCUT2D eigenvalue weighted by atomic mass is 16.4. The molecule has 4 aromatic rings. The first-order valence-corrected chi connectivity index (χ1v) is 10.3. The normalized spacial score (nSPS) is 13.9. The van der Waals surface area contributed by atoms with Gasteiger partial charge in [0.1, 0.15) is 0 Å². The minimum atomic E-state index is -0.0552. The van der Waals surface area contributed by atoms with E-state index in [0.29, 0.717) is 0 Å². The standard InChI is InChI=1S/C26H20B2O/c1-5-13-23-19(9-1)17-20-10-2-6-14-24(20)27(23)29-28-25-15-7-3-11-21(25)18-22-12-4-8-16-26(22)28/h1-16H,17-18H2. The van der Waals surface area contributed by atoms with E-state index in [-0.39, 0.29) is 13.8 Å². The highest BCUT2D eigenvalue weighted by Gasteiger charge is 2.38. The quantitative estimate of drug-likeness (QED) is 0.493. The maximum atomic E-state index is 7.04. The third-order valence-corrected chi connectivity index (χ3v) is 6.38. The SMILES string of the molecule is c1ccc2c(c1)Cc1ccccc1B2OB1c2ccccc2Cc2ccccc21. The zero-order valence-electron chi connectivity index (χ0n) is 16.2. The average molecular weight is 370 g/mol. The number of hydrogen-bond donors (Lipinski definition) is 0. The van der Waals surface area contributed by atoms with Gasteiger partial charge in [0.25, 0.3) is 0 Å². The number of rotatable bonds is 2. The number of fused-ring (bicyclic) bond motifs is 4. The maximum absolute atomic E-state index is 7.04. The molecule has 2 aliphatic heterocycles. The predicted octanol–water partition coefficient (Wildman–Crippen LogP) is 2.42. The summed E-state index contributed by atoms with van der Waals surface area (Å²) in [5, 5.41) is 0. The van der Waals surface area contributed by atoms with Gasteiger partial charge in [0.05, 0.1) is 0 Å². The van der Waals surface area contributed by atoms with Crippen molar-refractivity contribution in [3.05, 3.63) is 119 Å². The minimum Gasteiger partial charge on any atom is -0.484 e. The zero-order chi connectivity index (χ0) is 19.2. The van der Waals surface area contributed by atoms with Crippen LogP contribution in [0.25, 0.3) is 0 Å². The van der Waals surface area contributed by atoms with Crippen LogP contribution in [0, 0.1) is 0 Å². The molecule has 2 aliphatic rings. The van der Waals surface area contributed by atoms with Gasteiger partial charge in [0.2, 0.25) is 0 Å². The molecule has 0 fully saturated rings. The Morgan fingerprint density at radius 3 is 1.00 bits per heavy atom. The Hall–Kier alpha value is -3.03. The fourth-order valence-electron chi connectivity index (χ4n) is 4.98. The topological polar surface area (TPSA) is 9.23 Å². The van der Waals surface area contributed by atoms with E-state index in [1.54, 1.807) is 0 Å². The zero-order valence-corrected chi connectivity index (χ0v) is 16.2. The van der Waals surface area contributed by atoms with Crippen molar-refractivity contribution in [1.82, 2.24) is 0 Å². The van der Waals surface area contributed by atoms with Crippen LogP contribution in [0.5, 0.6) is 0 Å². The van der Waals surface area contributed by atoms with E-state index in [0.717, 1.165) is 12.8 Å². The summed E-state index contributed by atoms with van der Waals surface area (Å²) in [5.74, 6) is 0. The van der Waals surface area contributed by atoms with Crippen molar-refractivity contribution in [2.75, 3.05) is 0 Å². The first kappa shape index (κ1) is 16.9. The van der Waals surface area contributed by atoms with Crippen molar-refractivity contribution in [3.63, 3.8) is 0 Å². The maximum Gasteiger partial charge on any atom is 0.347 e.